The van der Waals surface area contributed by atoms with Crippen molar-refractivity contribution in [3.05, 3.63) is 17.7 Å². The van der Waals surface area contributed by atoms with E-state index in [9.17, 15) is 8.42 Å². The van der Waals surface area contributed by atoms with E-state index >= 15 is 0 Å². The summed E-state index contributed by atoms with van der Waals surface area (Å²) in [7, 11) is -0.688. The van der Waals surface area contributed by atoms with Crippen molar-refractivity contribution in [1.82, 2.24) is 4.47 Å². The van der Waals surface area contributed by atoms with Crippen LogP contribution in [-0.2, 0) is 14.9 Å². The molecule has 0 radical (unpaired) electrons. The summed E-state index contributed by atoms with van der Waals surface area (Å²) in [5.74, 6) is 0.886. The first-order chi connectivity index (χ1) is 9.50. The number of aryl methyl sites for hydroxylation is 1. The Kier molecular flexibility index (Phi) is 4.52. The molecule has 0 saturated carbocycles. The van der Waals surface area contributed by atoms with Crippen molar-refractivity contribution in [3.8, 4) is 11.5 Å². The molecule has 0 amide bonds. The zero-order chi connectivity index (χ0) is 14.8. The summed E-state index contributed by atoms with van der Waals surface area (Å²) >= 11 is 0. The van der Waals surface area contributed by atoms with Crippen molar-refractivity contribution in [3.63, 3.8) is 0 Å². The summed E-state index contributed by atoms with van der Waals surface area (Å²) in [5.41, 5.74) is 0.594. The van der Waals surface area contributed by atoms with Gasteiger partial charge in [-0.25, -0.2) is 8.42 Å². The van der Waals surface area contributed by atoms with E-state index in [1.54, 1.807) is 13.0 Å². The fourth-order valence-corrected chi connectivity index (χ4v) is 3.64. The maximum absolute atomic E-state index is 12.6. The topological polar surface area (TPSA) is 65.1 Å². The minimum atomic E-state index is -3.67. The van der Waals surface area contributed by atoms with E-state index in [-0.39, 0.29) is 4.90 Å². The Labute approximate surface area is 119 Å². The first kappa shape index (κ1) is 15.1. The predicted molar refractivity (Wildman–Crippen MR) is 73.4 cm³/mol. The molecule has 1 aromatic rings. The van der Waals surface area contributed by atoms with Crippen molar-refractivity contribution in [2.75, 3.05) is 27.4 Å². The second kappa shape index (κ2) is 5.99. The maximum atomic E-state index is 12.6. The zero-order valence-corrected chi connectivity index (χ0v) is 12.7. The molecule has 0 aliphatic carbocycles. The maximum Gasteiger partial charge on any atom is 0.265 e. The molecule has 112 valence electrons. The highest BCUT2D eigenvalue weighted by atomic mass is 32.2. The zero-order valence-electron chi connectivity index (χ0n) is 11.9. The second-order valence-corrected chi connectivity index (χ2v) is 6.34. The van der Waals surface area contributed by atoms with Gasteiger partial charge in [-0.1, -0.05) is 4.47 Å². The average Bonchev–Trinajstić information content (AvgIpc) is 2.47. The van der Waals surface area contributed by atoms with Crippen LogP contribution < -0.4 is 9.47 Å². The Balaban J connectivity index is 2.45. The summed E-state index contributed by atoms with van der Waals surface area (Å²) in [5, 5.41) is 0. The average molecular weight is 301 g/mol. The van der Waals surface area contributed by atoms with E-state index in [2.05, 4.69) is 0 Å². The number of sulfonamides is 1. The molecule has 2 rings (SSSR count). The van der Waals surface area contributed by atoms with Crippen LogP contribution in [0.2, 0.25) is 0 Å². The molecular formula is C13H19NO5S. The van der Waals surface area contributed by atoms with Crippen LogP contribution in [0.4, 0.5) is 0 Å². The van der Waals surface area contributed by atoms with Gasteiger partial charge in [0.15, 0.2) is 11.5 Å². The van der Waals surface area contributed by atoms with Crippen molar-refractivity contribution in [1.29, 1.82) is 0 Å². The summed E-state index contributed by atoms with van der Waals surface area (Å²) < 4.78 is 36.6. The highest BCUT2D eigenvalue weighted by Crippen LogP contribution is 2.34. The molecular weight excluding hydrogens is 282 g/mol. The Morgan fingerprint density at radius 2 is 1.80 bits per heavy atom. The van der Waals surface area contributed by atoms with Crippen LogP contribution >= 0.6 is 0 Å². The molecule has 1 aliphatic rings. The fraction of sp³-hybridized carbons (Fsp3) is 0.538. The van der Waals surface area contributed by atoms with E-state index in [1.165, 1.54) is 20.3 Å². The minimum absolute atomic E-state index is 0.178. The molecule has 0 unspecified atom stereocenters. The van der Waals surface area contributed by atoms with Gasteiger partial charge >= 0.3 is 0 Å². The second-order valence-electron chi connectivity index (χ2n) is 4.54. The molecule has 0 spiro atoms. The summed E-state index contributed by atoms with van der Waals surface area (Å²) in [6, 6.07) is 3.12. The normalized spacial score (nSPS) is 16.9. The molecule has 0 N–H and O–H groups in total. The number of hydrogen-bond donors (Lipinski definition) is 0. The largest absolute Gasteiger partial charge is 0.493 e. The van der Waals surface area contributed by atoms with E-state index < -0.39 is 10.0 Å². The van der Waals surface area contributed by atoms with Crippen LogP contribution in [0.1, 0.15) is 18.4 Å². The summed E-state index contributed by atoms with van der Waals surface area (Å²) in [6.45, 7) is 2.51. The highest BCUT2D eigenvalue weighted by molar-refractivity contribution is 7.89. The third-order valence-electron chi connectivity index (χ3n) is 3.20. The molecule has 0 atom stereocenters. The lowest BCUT2D eigenvalue weighted by molar-refractivity contribution is -0.108. The highest BCUT2D eigenvalue weighted by Gasteiger charge is 2.30. The van der Waals surface area contributed by atoms with Crippen molar-refractivity contribution in [2.45, 2.75) is 24.7 Å². The molecule has 1 fully saturated rings. The molecule has 6 nitrogen and oxygen atoms in total. The number of hydrogen-bond acceptors (Lipinski definition) is 5. The van der Waals surface area contributed by atoms with E-state index in [0.717, 1.165) is 17.3 Å². The van der Waals surface area contributed by atoms with Crippen molar-refractivity contribution >= 4 is 10.0 Å². The van der Waals surface area contributed by atoms with Gasteiger partial charge in [-0.3, -0.25) is 4.84 Å². The number of nitrogens with zero attached hydrogens (tertiary/aromatic N) is 1. The number of rotatable bonds is 4. The smallest absolute Gasteiger partial charge is 0.265 e. The van der Waals surface area contributed by atoms with Gasteiger partial charge in [0.05, 0.1) is 25.7 Å². The lowest BCUT2D eigenvalue weighted by Gasteiger charge is -2.26. The van der Waals surface area contributed by atoms with Gasteiger partial charge in [0.25, 0.3) is 10.0 Å². The van der Waals surface area contributed by atoms with Crippen LogP contribution in [0, 0.1) is 6.92 Å². The van der Waals surface area contributed by atoms with Crippen LogP contribution in [-0.4, -0.2) is 40.3 Å². The van der Waals surface area contributed by atoms with E-state index in [0.29, 0.717) is 30.2 Å². The summed E-state index contributed by atoms with van der Waals surface area (Å²) in [6.07, 6.45) is 1.67. The Morgan fingerprint density at radius 1 is 1.15 bits per heavy atom. The van der Waals surface area contributed by atoms with E-state index in [4.69, 9.17) is 14.3 Å². The van der Waals surface area contributed by atoms with Gasteiger partial charge in [0.2, 0.25) is 0 Å². The van der Waals surface area contributed by atoms with Crippen LogP contribution in [0.15, 0.2) is 17.0 Å². The Morgan fingerprint density at radius 3 is 2.35 bits per heavy atom. The number of methoxy groups -OCH3 is 2. The molecule has 20 heavy (non-hydrogen) atoms. The molecule has 1 saturated heterocycles. The Hall–Kier alpha value is -1.31. The van der Waals surface area contributed by atoms with Crippen molar-refractivity contribution < 1.29 is 22.7 Å². The van der Waals surface area contributed by atoms with Gasteiger partial charge in [0.1, 0.15) is 0 Å². The van der Waals surface area contributed by atoms with Gasteiger partial charge < -0.3 is 9.47 Å². The quantitative estimate of drug-likeness (QED) is 0.847. The van der Waals surface area contributed by atoms with Crippen LogP contribution in [0.3, 0.4) is 0 Å². The van der Waals surface area contributed by atoms with Crippen molar-refractivity contribution in [2.24, 2.45) is 0 Å². The first-order valence-electron chi connectivity index (χ1n) is 6.39. The lowest BCUT2D eigenvalue weighted by Crippen LogP contribution is -2.36. The van der Waals surface area contributed by atoms with Gasteiger partial charge in [-0.2, -0.15) is 0 Å². The predicted octanol–water partition coefficient (Wildman–Crippen LogP) is 1.73. The van der Waals surface area contributed by atoms with Crippen LogP contribution in [0.5, 0.6) is 11.5 Å². The minimum Gasteiger partial charge on any atom is -0.493 e. The van der Waals surface area contributed by atoms with Gasteiger partial charge in [-0.05, 0) is 31.4 Å². The SMILES string of the molecule is COc1cc(C)c(S(=O)(=O)N2CCCCO2)cc1OC. The molecule has 0 aromatic heterocycles. The number of hydroxylamine groups is 1. The molecule has 7 heteroatoms. The van der Waals surface area contributed by atoms with Gasteiger partial charge in [0, 0.05) is 12.6 Å². The number of benzene rings is 1. The molecule has 1 aliphatic heterocycles. The molecule has 0 bridgehead atoms. The summed E-state index contributed by atoms with van der Waals surface area (Å²) in [4.78, 5) is 5.43. The van der Waals surface area contributed by atoms with Gasteiger partial charge in [-0.15, -0.1) is 0 Å². The molecule has 1 aromatic carbocycles. The fourth-order valence-electron chi connectivity index (χ4n) is 2.11. The first-order valence-corrected chi connectivity index (χ1v) is 7.83. The van der Waals surface area contributed by atoms with E-state index in [1.807, 2.05) is 0 Å². The van der Waals surface area contributed by atoms with Crippen LogP contribution in [0.25, 0.3) is 0 Å². The molecule has 1 heterocycles. The number of ether oxygens (including phenoxy) is 2. The third-order valence-corrected chi connectivity index (χ3v) is 5.02. The Bertz CT molecular complexity index is 579. The third kappa shape index (κ3) is 2.74. The lowest BCUT2D eigenvalue weighted by atomic mass is 10.2. The monoisotopic (exact) mass is 301 g/mol. The standard InChI is InChI=1S/C13H19NO5S/c1-10-8-11(17-2)12(18-3)9-13(10)20(15,16)14-6-4-5-7-19-14/h8-9H,4-7H2,1-3H3.